The van der Waals surface area contributed by atoms with E-state index in [-0.39, 0.29) is 0 Å². The highest BCUT2D eigenvalue weighted by molar-refractivity contribution is 5.19. The molecular formula is C17H30N2O2. The number of ether oxygens (including phenoxy) is 1. The Kier molecular flexibility index (Phi) is 9.22. The summed E-state index contributed by atoms with van der Waals surface area (Å²) in [5.41, 5.74) is 2.31. The lowest BCUT2D eigenvalue weighted by Gasteiger charge is -2.13. The van der Waals surface area contributed by atoms with Gasteiger partial charge in [-0.1, -0.05) is 26.8 Å². The number of nitrogens with zero attached hydrogens (tertiary/aromatic N) is 1. The first-order valence-corrected chi connectivity index (χ1v) is 8.02. The number of nitrogens with one attached hydrogen (secondary N) is 1. The fourth-order valence-corrected chi connectivity index (χ4v) is 2.18. The van der Waals surface area contributed by atoms with Crippen LogP contribution < -0.4 is 5.32 Å². The summed E-state index contributed by atoms with van der Waals surface area (Å²) < 4.78 is 5.49. The van der Waals surface area contributed by atoms with E-state index in [1.165, 1.54) is 12.0 Å². The number of hydrogen-bond donors (Lipinski definition) is 2. The van der Waals surface area contributed by atoms with Crippen LogP contribution in [0.15, 0.2) is 18.3 Å². The first-order chi connectivity index (χ1) is 10.1. The van der Waals surface area contributed by atoms with E-state index in [4.69, 9.17) is 4.74 Å². The topological polar surface area (TPSA) is 54.4 Å². The van der Waals surface area contributed by atoms with Crippen molar-refractivity contribution in [2.75, 3.05) is 19.8 Å². The third-order valence-corrected chi connectivity index (χ3v) is 3.42. The largest absolute Gasteiger partial charge is 0.389 e. The molecule has 4 nitrogen and oxygen atoms in total. The normalized spacial score (nSPS) is 12.8. The highest BCUT2D eigenvalue weighted by Gasteiger charge is 2.06. The smallest absolute Gasteiger partial charge is 0.0897 e. The predicted octanol–water partition coefficient (Wildman–Crippen LogP) is 2.55. The number of aryl methyl sites for hydroxylation is 1. The minimum atomic E-state index is -0.460. The number of aliphatic hydroxyl groups is 1. The van der Waals surface area contributed by atoms with E-state index < -0.39 is 6.10 Å². The lowest BCUT2D eigenvalue weighted by Crippen LogP contribution is -2.30. The molecule has 0 radical (unpaired) electrons. The monoisotopic (exact) mass is 294 g/mol. The Balaban J connectivity index is 2.11. The summed E-state index contributed by atoms with van der Waals surface area (Å²) in [6.45, 7) is 8.89. The third-order valence-electron chi connectivity index (χ3n) is 3.42. The lowest BCUT2D eigenvalue weighted by molar-refractivity contribution is 0.0346. The Morgan fingerprint density at radius 1 is 1.38 bits per heavy atom. The Bertz CT molecular complexity index is 383. The summed E-state index contributed by atoms with van der Waals surface area (Å²) in [7, 11) is 0. The van der Waals surface area contributed by atoms with Gasteiger partial charge < -0.3 is 15.2 Å². The molecule has 1 atom stereocenters. The maximum Gasteiger partial charge on any atom is 0.0897 e. The van der Waals surface area contributed by atoms with Crippen molar-refractivity contribution in [1.82, 2.24) is 10.3 Å². The maximum atomic E-state index is 9.85. The molecule has 0 aliphatic rings. The summed E-state index contributed by atoms with van der Waals surface area (Å²) in [6, 6.07) is 4.06. The zero-order valence-corrected chi connectivity index (χ0v) is 13.6. The molecule has 2 N–H and O–H groups in total. The predicted molar refractivity (Wildman–Crippen MR) is 86.2 cm³/mol. The number of rotatable bonds is 11. The molecule has 1 unspecified atom stereocenters. The average molecular weight is 294 g/mol. The molecule has 0 saturated heterocycles. The quantitative estimate of drug-likeness (QED) is 0.616. The van der Waals surface area contributed by atoms with E-state index >= 15 is 0 Å². The maximum absolute atomic E-state index is 9.85. The van der Waals surface area contributed by atoms with Gasteiger partial charge >= 0.3 is 0 Å². The molecule has 0 saturated carbocycles. The molecule has 0 aliphatic heterocycles. The summed E-state index contributed by atoms with van der Waals surface area (Å²) in [5, 5.41) is 13.1. The van der Waals surface area contributed by atoms with Gasteiger partial charge in [0, 0.05) is 25.9 Å². The Labute approximate surface area is 128 Å². The van der Waals surface area contributed by atoms with E-state index in [2.05, 4.69) is 37.1 Å². The Morgan fingerprint density at radius 3 is 2.90 bits per heavy atom. The molecule has 1 heterocycles. The van der Waals surface area contributed by atoms with Crippen molar-refractivity contribution in [3.05, 3.63) is 29.6 Å². The van der Waals surface area contributed by atoms with Crippen LogP contribution in [0.25, 0.3) is 0 Å². The Hall–Kier alpha value is -0.970. The highest BCUT2D eigenvalue weighted by Crippen LogP contribution is 2.05. The van der Waals surface area contributed by atoms with Gasteiger partial charge in [0.25, 0.3) is 0 Å². The fourth-order valence-electron chi connectivity index (χ4n) is 2.18. The van der Waals surface area contributed by atoms with Gasteiger partial charge in [0.05, 0.1) is 18.4 Å². The van der Waals surface area contributed by atoms with Crippen LogP contribution in [0.3, 0.4) is 0 Å². The van der Waals surface area contributed by atoms with Crippen LogP contribution >= 0.6 is 0 Å². The Morgan fingerprint density at radius 2 is 2.19 bits per heavy atom. The molecule has 0 aromatic carbocycles. The van der Waals surface area contributed by atoms with Crippen LogP contribution in [0, 0.1) is 5.92 Å². The van der Waals surface area contributed by atoms with Gasteiger partial charge in [0.15, 0.2) is 0 Å². The zero-order valence-electron chi connectivity index (χ0n) is 13.6. The van der Waals surface area contributed by atoms with Crippen LogP contribution in [-0.4, -0.2) is 36.0 Å². The summed E-state index contributed by atoms with van der Waals surface area (Å²) >= 11 is 0. The minimum absolute atomic E-state index is 0.397. The second-order valence-corrected chi connectivity index (χ2v) is 5.86. The van der Waals surface area contributed by atoms with Crippen molar-refractivity contribution in [3.8, 4) is 0 Å². The van der Waals surface area contributed by atoms with Gasteiger partial charge in [-0.2, -0.15) is 0 Å². The van der Waals surface area contributed by atoms with E-state index in [0.29, 0.717) is 25.6 Å². The number of hydrogen-bond acceptors (Lipinski definition) is 4. The van der Waals surface area contributed by atoms with Gasteiger partial charge in [-0.15, -0.1) is 0 Å². The fraction of sp³-hybridized carbons (Fsp3) is 0.706. The van der Waals surface area contributed by atoms with Gasteiger partial charge in [-0.3, -0.25) is 4.98 Å². The SMILES string of the molecule is CCc1cccnc1CNCC(O)COCCCC(C)C. The summed E-state index contributed by atoms with van der Waals surface area (Å²) in [6.07, 6.45) is 4.56. The van der Waals surface area contributed by atoms with Crippen molar-refractivity contribution < 1.29 is 9.84 Å². The van der Waals surface area contributed by atoms with E-state index in [0.717, 1.165) is 25.1 Å². The zero-order chi connectivity index (χ0) is 15.5. The van der Waals surface area contributed by atoms with Crippen molar-refractivity contribution in [2.45, 2.75) is 52.7 Å². The van der Waals surface area contributed by atoms with Crippen LogP contribution in [0.4, 0.5) is 0 Å². The van der Waals surface area contributed by atoms with Crippen LogP contribution in [0.5, 0.6) is 0 Å². The molecule has 0 fully saturated rings. The van der Waals surface area contributed by atoms with Crippen LogP contribution in [-0.2, 0) is 17.7 Å². The average Bonchev–Trinajstić information content (AvgIpc) is 2.47. The van der Waals surface area contributed by atoms with Gasteiger partial charge in [-0.25, -0.2) is 0 Å². The molecular weight excluding hydrogens is 264 g/mol. The molecule has 0 amide bonds. The highest BCUT2D eigenvalue weighted by atomic mass is 16.5. The summed E-state index contributed by atoms with van der Waals surface area (Å²) in [4.78, 5) is 4.37. The molecule has 0 aliphatic carbocycles. The van der Waals surface area contributed by atoms with Crippen molar-refractivity contribution >= 4 is 0 Å². The summed E-state index contributed by atoms with van der Waals surface area (Å²) in [5.74, 6) is 0.714. The number of aliphatic hydroxyl groups excluding tert-OH is 1. The molecule has 120 valence electrons. The van der Waals surface area contributed by atoms with Crippen LogP contribution in [0.2, 0.25) is 0 Å². The molecule has 4 heteroatoms. The second kappa shape index (κ2) is 10.7. The van der Waals surface area contributed by atoms with E-state index in [9.17, 15) is 5.11 Å². The third kappa shape index (κ3) is 8.15. The first-order valence-electron chi connectivity index (χ1n) is 8.02. The molecule has 0 spiro atoms. The van der Waals surface area contributed by atoms with Crippen molar-refractivity contribution in [3.63, 3.8) is 0 Å². The molecule has 1 rings (SSSR count). The molecule has 21 heavy (non-hydrogen) atoms. The molecule has 1 aromatic heterocycles. The molecule has 0 bridgehead atoms. The molecule has 1 aromatic rings. The van der Waals surface area contributed by atoms with Crippen LogP contribution in [0.1, 0.15) is 44.9 Å². The van der Waals surface area contributed by atoms with Gasteiger partial charge in [-0.05, 0) is 36.8 Å². The standard InChI is InChI=1S/C17H30N2O2/c1-4-15-8-5-9-19-17(15)12-18-11-16(20)13-21-10-6-7-14(2)3/h5,8-9,14,16,18,20H,4,6-7,10-13H2,1-3H3. The van der Waals surface area contributed by atoms with Crippen molar-refractivity contribution in [2.24, 2.45) is 5.92 Å². The van der Waals surface area contributed by atoms with E-state index in [1.807, 2.05) is 12.3 Å². The lowest BCUT2D eigenvalue weighted by atomic mass is 10.1. The second-order valence-electron chi connectivity index (χ2n) is 5.86. The van der Waals surface area contributed by atoms with E-state index in [1.54, 1.807) is 0 Å². The van der Waals surface area contributed by atoms with Crippen molar-refractivity contribution in [1.29, 1.82) is 0 Å². The van der Waals surface area contributed by atoms with Gasteiger partial charge in [0.2, 0.25) is 0 Å². The number of pyridine rings is 1. The first kappa shape index (κ1) is 18.1. The van der Waals surface area contributed by atoms with Gasteiger partial charge in [0.1, 0.15) is 0 Å². The number of aromatic nitrogens is 1. The minimum Gasteiger partial charge on any atom is -0.389 e.